The molecular formula is C23H20F3N3O2. The number of hydrogen-bond acceptors (Lipinski definition) is 4. The SMILES string of the molecule is C#CCC1CCCN(C(=O)c2cc(-c3cccc(C(F)(F)F)c3)nc3onc(C)c23)C1. The van der Waals surface area contributed by atoms with E-state index in [0.717, 1.165) is 25.0 Å². The van der Waals surface area contributed by atoms with E-state index in [4.69, 9.17) is 10.9 Å². The molecule has 1 fully saturated rings. The molecule has 3 aromatic rings. The summed E-state index contributed by atoms with van der Waals surface area (Å²) in [5.41, 5.74) is 0.602. The third-order valence-corrected chi connectivity index (χ3v) is 5.55. The van der Waals surface area contributed by atoms with Crippen LogP contribution in [0.5, 0.6) is 0 Å². The minimum absolute atomic E-state index is 0.118. The fourth-order valence-electron chi connectivity index (χ4n) is 4.02. The summed E-state index contributed by atoms with van der Waals surface area (Å²) in [5.74, 6) is 2.65. The van der Waals surface area contributed by atoms with E-state index < -0.39 is 11.7 Å². The molecule has 0 aliphatic carbocycles. The van der Waals surface area contributed by atoms with Gasteiger partial charge in [0.2, 0.25) is 0 Å². The highest BCUT2D eigenvalue weighted by atomic mass is 19.4. The number of alkyl halides is 3. The molecule has 1 unspecified atom stereocenters. The summed E-state index contributed by atoms with van der Waals surface area (Å²) < 4.78 is 44.8. The third-order valence-electron chi connectivity index (χ3n) is 5.55. The number of nitrogens with zero attached hydrogens (tertiary/aromatic N) is 3. The zero-order chi connectivity index (χ0) is 22.2. The van der Waals surface area contributed by atoms with Crippen LogP contribution < -0.4 is 0 Å². The minimum atomic E-state index is -4.48. The normalized spacial score (nSPS) is 17.0. The average molecular weight is 427 g/mol. The molecule has 3 heterocycles. The number of piperidine rings is 1. The van der Waals surface area contributed by atoms with Crippen molar-refractivity contribution >= 4 is 17.0 Å². The van der Waals surface area contributed by atoms with E-state index in [-0.39, 0.29) is 28.8 Å². The smallest absolute Gasteiger partial charge is 0.338 e. The fraction of sp³-hybridized carbons (Fsp3) is 0.348. The van der Waals surface area contributed by atoms with E-state index >= 15 is 0 Å². The number of pyridine rings is 1. The van der Waals surface area contributed by atoms with Gasteiger partial charge in [0, 0.05) is 25.1 Å². The lowest BCUT2D eigenvalue weighted by molar-refractivity contribution is -0.137. The number of hydrogen-bond donors (Lipinski definition) is 0. The summed E-state index contributed by atoms with van der Waals surface area (Å²) in [6, 6.07) is 6.35. The number of amides is 1. The van der Waals surface area contributed by atoms with Gasteiger partial charge in [-0.25, -0.2) is 4.98 Å². The van der Waals surface area contributed by atoms with Crippen molar-refractivity contribution in [3.63, 3.8) is 0 Å². The predicted molar refractivity (Wildman–Crippen MR) is 109 cm³/mol. The van der Waals surface area contributed by atoms with E-state index in [1.54, 1.807) is 11.8 Å². The number of halogens is 3. The minimum Gasteiger partial charge on any atom is -0.338 e. The van der Waals surface area contributed by atoms with E-state index in [9.17, 15) is 18.0 Å². The van der Waals surface area contributed by atoms with Crippen LogP contribution in [0.3, 0.4) is 0 Å². The second kappa shape index (κ2) is 8.06. The largest absolute Gasteiger partial charge is 0.416 e. The zero-order valence-electron chi connectivity index (χ0n) is 16.9. The number of fused-ring (bicyclic) bond motifs is 1. The van der Waals surface area contributed by atoms with Crippen LogP contribution in [-0.4, -0.2) is 34.0 Å². The first kappa shape index (κ1) is 20.9. The Balaban J connectivity index is 1.78. The fourth-order valence-corrected chi connectivity index (χ4v) is 4.02. The van der Waals surface area contributed by atoms with Crippen molar-refractivity contribution in [2.45, 2.75) is 32.4 Å². The van der Waals surface area contributed by atoms with Gasteiger partial charge < -0.3 is 9.42 Å². The Morgan fingerprint density at radius 3 is 2.90 bits per heavy atom. The summed E-state index contributed by atoms with van der Waals surface area (Å²) in [4.78, 5) is 19.5. The van der Waals surface area contributed by atoms with Crippen LogP contribution in [0.15, 0.2) is 34.9 Å². The van der Waals surface area contributed by atoms with E-state index in [0.29, 0.717) is 36.2 Å². The molecule has 1 amide bonds. The number of aryl methyl sites for hydroxylation is 1. The molecule has 160 valence electrons. The Bertz CT molecular complexity index is 1180. The number of aromatic nitrogens is 2. The van der Waals surface area contributed by atoms with Crippen molar-refractivity contribution in [1.82, 2.24) is 15.0 Å². The molecule has 1 atom stereocenters. The van der Waals surface area contributed by atoms with Crippen LogP contribution in [0.4, 0.5) is 13.2 Å². The van der Waals surface area contributed by atoms with Gasteiger partial charge in [-0.15, -0.1) is 12.3 Å². The molecule has 8 heteroatoms. The van der Waals surface area contributed by atoms with Gasteiger partial charge >= 0.3 is 6.18 Å². The Labute approximate surface area is 177 Å². The van der Waals surface area contributed by atoms with Gasteiger partial charge in [-0.2, -0.15) is 13.2 Å². The second-order valence-corrected chi connectivity index (χ2v) is 7.75. The molecule has 2 aromatic heterocycles. The maximum absolute atomic E-state index is 13.4. The first-order valence-electron chi connectivity index (χ1n) is 9.95. The lowest BCUT2D eigenvalue weighted by atomic mass is 9.94. The van der Waals surface area contributed by atoms with E-state index in [2.05, 4.69) is 16.1 Å². The van der Waals surface area contributed by atoms with Gasteiger partial charge in [0.25, 0.3) is 11.6 Å². The first-order valence-corrected chi connectivity index (χ1v) is 9.95. The molecule has 0 spiro atoms. The van der Waals surface area contributed by atoms with Crippen molar-refractivity contribution < 1.29 is 22.5 Å². The highest BCUT2D eigenvalue weighted by Gasteiger charge is 2.31. The lowest BCUT2D eigenvalue weighted by Crippen LogP contribution is -2.40. The molecule has 5 nitrogen and oxygen atoms in total. The van der Waals surface area contributed by atoms with Crippen molar-refractivity contribution in [3.05, 3.63) is 47.2 Å². The first-order chi connectivity index (χ1) is 14.8. The number of likely N-dealkylation sites (tertiary alicyclic amines) is 1. The summed E-state index contributed by atoms with van der Waals surface area (Å²) in [6.07, 6.45) is 3.35. The predicted octanol–water partition coefficient (Wildman–Crippen LogP) is 5.09. The van der Waals surface area contributed by atoms with Crippen LogP contribution in [0.2, 0.25) is 0 Å². The Hall–Kier alpha value is -3.34. The van der Waals surface area contributed by atoms with Gasteiger partial charge in [0.05, 0.1) is 27.9 Å². The van der Waals surface area contributed by atoms with Crippen molar-refractivity contribution in [1.29, 1.82) is 0 Å². The highest BCUT2D eigenvalue weighted by Crippen LogP contribution is 2.34. The van der Waals surface area contributed by atoms with Crippen LogP contribution in [0.25, 0.3) is 22.4 Å². The monoisotopic (exact) mass is 427 g/mol. The molecule has 1 aliphatic rings. The molecule has 0 radical (unpaired) electrons. The number of carbonyl (C=O) groups excluding carboxylic acids is 1. The maximum Gasteiger partial charge on any atom is 0.416 e. The van der Waals surface area contributed by atoms with Gasteiger partial charge in [-0.3, -0.25) is 4.79 Å². The molecule has 1 saturated heterocycles. The Kier molecular flexibility index (Phi) is 5.44. The average Bonchev–Trinajstić information content (AvgIpc) is 3.13. The van der Waals surface area contributed by atoms with Gasteiger partial charge in [0.1, 0.15) is 0 Å². The summed E-state index contributed by atoms with van der Waals surface area (Å²) >= 11 is 0. The molecule has 1 aromatic carbocycles. The van der Waals surface area contributed by atoms with Gasteiger partial charge in [-0.05, 0) is 43.9 Å². The summed E-state index contributed by atoms with van der Waals surface area (Å²) in [7, 11) is 0. The van der Waals surface area contributed by atoms with Crippen LogP contribution in [0, 0.1) is 25.2 Å². The van der Waals surface area contributed by atoms with Crippen LogP contribution in [-0.2, 0) is 6.18 Å². The number of rotatable bonds is 3. The Morgan fingerprint density at radius 1 is 1.35 bits per heavy atom. The van der Waals surface area contributed by atoms with E-state index in [1.165, 1.54) is 18.2 Å². The van der Waals surface area contributed by atoms with Crippen molar-refractivity contribution in [3.8, 4) is 23.6 Å². The van der Waals surface area contributed by atoms with Crippen molar-refractivity contribution in [2.24, 2.45) is 5.92 Å². The Morgan fingerprint density at radius 2 is 2.16 bits per heavy atom. The number of benzene rings is 1. The third kappa shape index (κ3) is 4.13. The summed E-state index contributed by atoms with van der Waals surface area (Å²) in [5, 5.41) is 4.38. The quantitative estimate of drug-likeness (QED) is 0.546. The highest BCUT2D eigenvalue weighted by molar-refractivity contribution is 6.07. The molecular weight excluding hydrogens is 407 g/mol. The zero-order valence-corrected chi connectivity index (χ0v) is 16.9. The topological polar surface area (TPSA) is 59.2 Å². The summed E-state index contributed by atoms with van der Waals surface area (Å²) in [6.45, 7) is 2.83. The van der Waals surface area contributed by atoms with Gasteiger partial charge in [-0.1, -0.05) is 17.3 Å². The van der Waals surface area contributed by atoms with Crippen LogP contribution >= 0.6 is 0 Å². The molecule has 0 bridgehead atoms. The maximum atomic E-state index is 13.4. The number of terminal acetylenes is 1. The lowest BCUT2D eigenvalue weighted by Gasteiger charge is -2.32. The standard InChI is InChI=1S/C23H20F3N3O2/c1-3-6-15-7-5-10-29(13-15)22(30)18-12-19(27-21-20(18)14(2)28-31-21)16-8-4-9-17(11-16)23(24,25)26/h1,4,8-9,11-12,15H,5-7,10,13H2,2H3. The van der Waals surface area contributed by atoms with Crippen molar-refractivity contribution in [2.75, 3.05) is 13.1 Å². The number of carbonyl (C=O) groups is 1. The molecule has 1 aliphatic heterocycles. The van der Waals surface area contributed by atoms with Gasteiger partial charge in [0.15, 0.2) is 0 Å². The van der Waals surface area contributed by atoms with E-state index in [1.807, 2.05) is 0 Å². The molecule has 0 saturated carbocycles. The van der Waals surface area contributed by atoms with Crippen LogP contribution in [0.1, 0.15) is 40.9 Å². The second-order valence-electron chi connectivity index (χ2n) is 7.75. The molecule has 0 N–H and O–H groups in total. The molecule has 31 heavy (non-hydrogen) atoms. The molecule has 4 rings (SSSR count).